The van der Waals surface area contributed by atoms with Crippen molar-refractivity contribution in [1.29, 1.82) is 0 Å². The van der Waals surface area contributed by atoms with E-state index in [1.807, 2.05) is 53.9 Å². The predicted octanol–water partition coefficient (Wildman–Crippen LogP) is 6.25. The van der Waals surface area contributed by atoms with Gasteiger partial charge in [-0.05, 0) is 17.2 Å². The highest BCUT2D eigenvalue weighted by Crippen LogP contribution is 2.24. The van der Waals surface area contributed by atoms with Crippen LogP contribution >= 0.6 is 11.3 Å². The van der Waals surface area contributed by atoms with Crippen LogP contribution in [0.2, 0.25) is 0 Å². The Morgan fingerprint density at radius 1 is 0.968 bits per heavy atom. The summed E-state index contributed by atoms with van der Waals surface area (Å²) in [6, 6.07) is 18.7. The van der Waals surface area contributed by atoms with Gasteiger partial charge in [-0.1, -0.05) is 48.5 Å². The molecule has 4 aromatic rings. The number of hydrogen-bond acceptors (Lipinski definition) is 5. The van der Waals surface area contributed by atoms with Crippen molar-refractivity contribution < 1.29 is 17.9 Å². The van der Waals surface area contributed by atoms with Gasteiger partial charge < -0.3 is 4.74 Å². The van der Waals surface area contributed by atoms with E-state index in [0.29, 0.717) is 5.13 Å². The number of halogens is 3. The van der Waals surface area contributed by atoms with Gasteiger partial charge in [0.2, 0.25) is 5.13 Å². The molecule has 8 heteroatoms. The minimum atomic E-state index is -1.52. The fourth-order valence-electron chi connectivity index (χ4n) is 2.77. The van der Waals surface area contributed by atoms with Crippen molar-refractivity contribution in [3.05, 3.63) is 101 Å². The lowest BCUT2D eigenvalue weighted by Crippen LogP contribution is -1.99. The number of hydrazone groups is 1. The maximum absolute atomic E-state index is 13.3. The van der Waals surface area contributed by atoms with Gasteiger partial charge in [0, 0.05) is 23.1 Å². The number of nitrogens with zero attached hydrogens (tertiary/aromatic N) is 2. The van der Waals surface area contributed by atoms with Gasteiger partial charge >= 0.3 is 0 Å². The number of thiazole rings is 1. The van der Waals surface area contributed by atoms with Crippen molar-refractivity contribution in [2.24, 2.45) is 5.10 Å². The SMILES string of the molecule is Fc1cc(OCc2cccc(C=NNc3nc(-c4ccccc4)cs3)c2)cc(F)c1F. The summed E-state index contributed by atoms with van der Waals surface area (Å²) in [7, 11) is 0. The lowest BCUT2D eigenvalue weighted by molar-refractivity contribution is 0.299. The summed E-state index contributed by atoms with van der Waals surface area (Å²) < 4.78 is 45.0. The van der Waals surface area contributed by atoms with Crippen LogP contribution in [0.1, 0.15) is 11.1 Å². The zero-order chi connectivity index (χ0) is 21.6. The van der Waals surface area contributed by atoms with Crippen LogP contribution in [-0.2, 0) is 6.61 Å². The third-order valence-corrected chi connectivity index (χ3v) is 5.01. The zero-order valence-electron chi connectivity index (χ0n) is 16.1. The van der Waals surface area contributed by atoms with Gasteiger partial charge in [-0.25, -0.2) is 18.2 Å². The average molecular weight is 439 g/mol. The van der Waals surface area contributed by atoms with Gasteiger partial charge in [-0.2, -0.15) is 5.10 Å². The monoisotopic (exact) mass is 439 g/mol. The number of benzene rings is 3. The van der Waals surface area contributed by atoms with Crippen molar-refractivity contribution >= 4 is 22.7 Å². The van der Waals surface area contributed by atoms with Crippen molar-refractivity contribution in [2.45, 2.75) is 6.61 Å². The van der Waals surface area contributed by atoms with E-state index >= 15 is 0 Å². The first kappa shape index (κ1) is 20.6. The third kappa shape index (κ3) is 5.29. The Hall–Kier alpha value is -3.65. The summed E-state index contributed by atoms with van der Waals surface area (Å²) in [5.41, 5.74) is 6.36. The molecule has 0 aliphatic rings. The molecule has 0 fully saturated rings. The molecule has 0 bridgehead atoms. The van der Waals surface area contributed by atoms with Crippen molar-refractivity contribution in [3.8, 4) is 17.0 Å². The molecule has 1 heterocycles. The predicted molar refractivity (Wildman–Crippen MR) is 116 cm³/mol. The first-order valence-electron chi connectivity index (χ1n) is 9.25. The number of hydrogen-bond donors (Lipinski definition) is 1. The van der Waals surface area contributed by atoms with Crippen LogP contribution in [-0.4, -0.2) is 11.2 Å². The van der Waals surface area contributed by atoms with Crippen LogP contribution < -0.4 is 10.2 Å². The van der Waals surface area contributed by atoms with Gasteiger partial charge in [-0.3, -0.25) is 5.43 Å². The molecule has 0 amide bonds. The van der Waals surface area contributed by atoms with E-state index in [4.69, 9.17) is 4.74 Å². The molecule has 0 spiro atoms. The van der Waals surface area contributed by atoms with Gasteiger partial charge in [0.1, 0.15) is 12.4 Å². The van der Waals surface area contributed by atoms with Crippen molar-refractivity contribution in [3.63, 3.8) is 0 Å². The van der Waals surface area contributed by atoms with Crippen LogP contribution in [0.4, 0.5) is 18.3 Å². The van der Waals surface area contributed by atoms with E-state index in [9.17, 15) is 13.2 Å². The molecule has 0 aliphatic carbocycles. The lowest BCUT2D eigenvalue weighted by atomic mass is 10.1. The van der Waals surface area contributed by atoms with Crippen LogP contribution in [0, 0.1) is 17.5 Å². The van der Waals surface area contributed by atoms with Crippen LogP contribution in [0.15, 0.2) is 77.2 Å². The maximum atomic E-state index is 13.3. The summed E-state index contributed by atoms with van der Waals surface area (Å²) in [6.45, 7) is 0.0620. The first-order valence-corrected chi connectivity index (χ1v) is 10.1. The zero-order valence-corrected chi connectivity index (χ0v) is 16.9. The van der Waals surface area contributed by atoms with Crippen LogP contribution in [0.3, 0.4) is 0 Å². The molecule has 0 radical (unpaired) electrons. The molecule has 1 N–H and O–H groups in total. The first-order chi connectivity index (χ1) is 15.1. The normalized spacial score (nSPS) is 11.1. The Balaban J connectivity index is 1.36. The molecule has 4 nitrogen and oxygen atoms in total. The number of ether oxygens (including phenoxy) is 1. The minimum absolute atomic E-state index is 0.0620. The molecule has 4 rings (SSSR count). The Kier molecular flexibility index (Phi) is 6.28. The molecule has 3 aromatic carbocycles. The molecule has 0 unspecified atom stereocenters. The number of rotatable bonds is 7. The molecule has 0 aliphatic heterocycles. The van der Waals surface area contributed by atoms with E-state index in [-0.39, 0.29) is 12.4 Å². The highest BCUT2D eigenvalue weighted by molar-refractivity contribution is 7.14. The van der Waals surface area contributed by atoms with E-state index in [1.165, 1.54) is 11.3 Å². The maximum Gasteiger partial charge on any atom is 0.203 e. The van der Waals surface area contributed by atoms with E-state index in [1.54, 1.807) is 12.3 Å². The summed E-state index contributed by atoms with van der Waals surface area (Å²) in [4.78, 5) is 4.50. The fourth-order valence-corrected chi connectivity index (χ4v) is 3.44. The Bertz CT molecular complexity index is 1190. The third-order valence-electron chi connectivity index (χ3n) is 4.26. The standard InChI is InChI=1S/C23H16F3N3OS/c24-19-10-18(11-20(25)22(19)26)30-13-16-6-4-5-15(9-16)12-27-29-23-28-21(14-31-23)17-7-2-1-3-8-17/h1-12,14H,13H2,(H,28,29). The number of aromatic nitrogens is 1. The molecule has 0 saturated carbocycles. The minimum Gasteiger partial charge on any atom is -0.489 e. The smallest absolute Gasteiger partial charge is 0.203 e. The molecular formula is C23H16F3N3OS. The molecule has 0 atom stereocenters. The largest absolute Gasteiger partial charge is 0.489 e. The summed E-state index contributed by atoms with van der Waals surface area (Å²) >= 11 is 1.45. The highest BCUT2D eigenvalue weighted by atomic mass is 32.1. The number of nitrogens with one attached hydrogen (secondary N) is 1. The topological polar surface area (TPSA) is 46.5 Å². The van der Waals surface area contributed by atoms with Crippen LogP contribution in [0.25, 0.3) is 11.3 Å². The Morgan fingerprint density at radius 3 is 2.52 bits per heavy atom. The summed E-state index contributed by atoms with van der Waals surface area (Å²) in [6.07, 6.45) is 1.63. The van der Waals surface area contributed by atoms with Crippen LogP contribution in [0.5, 0.6) is 5.75 Å². The second-order valence-corrected chi connectivity index (χ2v) is 7.37. The fraction of sp³-hybridized carbons (Fsp3) is 0.0435. The Morgan fingerprint density at radius 2 is 1.74 bits per heavy atom. The Labute approximate surface area is 180 Å². The molecule has 1 aromatic heterocycles. The quantitative estimate of drug-likeness (QED) is 0.210. The van der Waals surface area contributed by atoms with Gasteiger partial charge in [-0.15, -0.1) is 11.3 Å². The van der Waals surface area contributed by atoms with E-state index in [2.05, 4.69) is 15.5 Å². The molecule has 0 saturated heterocycles. The van der Waals surface area contributed by atoms with E-state index < -0.39 is 17.5 Å². The van der Waals surface area contributed by atoms with Crippen molar-refractivity contribution in [1.82, 2.24) is 4.98 Å². The molecular weight excluding hydrogens is 423 g/mol. The second-order valence-electron chi connectivity index (χ2n) is 6.51. The van der Waals surface area contributed by atoms with Gasteiger partial charge in [0.25, 0.3) is 0 Å². The highest BCUT2D eigenvalue weighted by Gasteiger charge is 2.11. The number of anilines is 1. The van der Waals surface area contributed by atoms with Crippen molar-refractivity contribution in [2.75, 3.05) is 5.43 Å². The van der Waals surface area contributed by atoms with Gasteiger partial charge in [0.05, 0.1) is 11.9 Å². The summed E-state index contributed by atoms with van der Waals surface area (Å²) in [5.74, 6) is -4.19. The molecule has 156 valence electrons. The molecule has 31 heavy (non-hydrogen) atoms. The second kappa shape index (κ2) is 9.44. The summed E-state index contributed by atoms with van der Waals surface area (Å²) in [5, 5.41) is 6.82. The van der Waals surface area contributed by atoms with E-state index in [0.717, 1.165) is 34.5 Å². The average Bonchev–Trinajstić information content (AvgIpc) is 3.26. The van der Waals surface area contributed by atoms with Gasteiger partial charge in [0.15, 0.2) is 17.5 Å². The lowest BCUT2D eigenvalue weighted by Gasteiger charge is -2.08.